The number of para-hydroxylation sites is 1. The fourth-order valence-electron chi connectivity index (χ4n) is 3.36. The summed E-state index contributed by atoms with van der Waals surface area (Å²) in [4.78, 5) is 28.7. The van der Waals surface area contributed by atoms with Crippen LogP contribution in [0.3, 0.4) is 0 Å². The topological polar surface area (TPSA) is 87.1 Å². The van der Waals surface area contributed by atoms with Crippen LogP contribution in [0.2, 0.25) is 0 Å². The van der Waals surface area contributed by atoms with Crippen molar-refractivity contribution in [3.05, 3.63) is 101 Å². The van der Waals surface area contributed by atoms with Crippen molar-refractivity contribution in [3.63, 3.8) is 0 Å². The second kappa shape index (κ2) is 9.17. The second-order valence-corrected chi connectivity index (χ2v) is 7.19. The van der Waals surface area contributed by atoms with E-state index in [1.165, 1.54) is 6.08 Å². The van der Waals surface area contributed by atoms with E-state index in [0.29, 0.717) is 24.3 Å². The van der Waals surface area contributed by atoms with E-state index in [0.717, 1.165) is 22.2 Å². The number of hydrogen-bond donors (Lipinski definition) is 3. The Labute approximate surface area is 180 Å². The number of rotatable bonds is 7. The van der Waals surface area contributed by atoms with Gasteiger partial charge in [0.05, 0.1) is 0 Å². The third-order valence-corrected chi connectivity index (χ3v) is 4.93. The Morgan fingerprint density at radius 3 is 2.55 bits per heavy atom. The van der Waals surface area contributed by atoms with Crippen LogP contribution in [0.5, 0.6) is 0 Å². The molecule has 2 aromatic heterocycles. The monoisotopic (exact) mass is 413 g/mol. The number of furan rings is 1. The standard InChI is InChI=1S/C25H23N3O3/c1-17-11-12-20(31-17)15-23(28-24(29)18-7-3-2-4-8-18)25(30)26-14-13-19-16-27-22-10-6-5-9-21(19)22/h2-12,15-16,27H,13-14H2,1H3,(H,26,30)(H,28,29). The SMILES string of the molecule is Cc1ccc(C=C(NC(=O)c2ccccc2)C(=O)NCCc2c[nH]c3ccccc23)o1. The summed E-state index contributed by atoms with van der Waals surface area (Å²) in [5.41, 5.74) is 2.78. The van der Waals surface area contributed by atoms with Gasteiger partial charge in [0.25, 0.3) is 11.8 Å². The van der Waals surface area contributed by atoms with Gasteiger partial charge in [-0.1, -0.05) is 36.4 Å². The number of amides is 2. The first-order valence-electron chi connectivity index (χ1n) is 10.1. The molecule has 3 N–H and O–H groups in total. The van der Waals surface area contributed by atoms with Gasteiger partial charge in [-0.15, -0.1) is 0 Å². The highest BCUT2D eigenvalue weighted by Gasteiger charge is 2.15. The molecule has 0 spiro atoms. The molecule has 0 radical (unpaired) electrons. The molecule has 0 saturated carbocycles. The molecule has 0 unspecified atom stereocenters. The molecule has 2 amide bonds. The molecule has 0 aliphatic rings. The first-order chi connectivity index (χ1) is 15.1. The molecule has 6 nitrogen and oxygen atoms in total. The number of H-pyrrole nitrogens is 1. The molecule has 0 saturated heterocycles. The van der Waals surface area contributed by atoms with Gasteiger partial charge < -0.3 is 20.0 Å². The molecule has 2 aromatic carbocycles. The maximum absolute atomic E-state index is 12.9. The smallest absolute Gasteiger partial charge is 0.267 e. The summed E-state index contributed by atoms with van der Waals surface area (Å²) in [5, 5.41) is 6.74. The lowest BCUT2D eigenvalue weighted by Gasteiger charge is -2.11. The predicted molar refractivity (Wildman–Crippen MR) is 120 cm³/mol. The van der Waals surface area contributed by atoms with Crippen LogP contribution >= 0.6 is 0 Å². The van der Waals surface area contributed by atoms with Gasteiger partial charge in [-0.25, -0.2) is 0 Å². The van der Waals surface area contributed by atoms with E-state index in [1.54, 1.807) is 36.4 Å². The van der Waals surface area contributed by atoms with E-state index in [-0.39, 0.29) is 17.5 Å². The Morgan fingerprint density at radius 1 is 1.00 bits per heavy atom. The lowest BCUT2D eigenvalue weighted by molar-refractivity contribution is -0.117. The van der Waals surface area contributed by atoms with Crippen LogP contribution in [-0.2, 0) is 11.2 Å². The lowest BCUT2D eigenvalue weighted by Crippen LogP contribution is -2.35. The molecule has 4 aromatic rings. The Balaban J connectivity index is 1.47. The van der Waals surface area contributed by atoms with E-state index in [9.17, 15) is 9.59 Å². The molecule has 0 aliphatic heterocycles. The van der Waals surface area contributed by atoms with Crippen LogP contribution in [0.25, 0.3) is 17.0 Å². The Morgan fingerprint density at radius 2 is 1.77 bits per heavy atom. The Kier molecular flexibility index (Phi) is 5.98. The maximum Gasteiger partial charge on any atom is 0.267 e. The number of aromatic nitrogens is 1. The van der Waals surface area contributed by atoms with Gasteiger partial charge in [0.1, 0.15) is 17.2 Å². The van der Waals surface area contributed by atoms with Gasteiger partial charge >= 0.3 is 0 Å². The lowest BCUT2D eigenvalue weighted by atomic mass is 10.1. The molecule has 0 aliphatic carbocycles. The highest BCUT2D eigenvalue weighted by Crippen LogP contribution is 2.18. The minimum atomic E-state index is -0.377. The van der Waals surface area contributed by atoms with Gasteiger partial charge in [-0.3, -0.25) is 9.59 Å². The summed E-state index contributed by atoms with van der Waals surface area (Å²) in [6.45, 7) is 2.25. The van der Waals surface area contributed by atoms with Crippen LogP contribution in [0, 0.1) is 6.92 Å². The van der Waals surface area contributed by atoms with Crippen molar-refractivity contribution in [2.75, 3.05) is 6.54 Å². The number of carbonyl (C=O) groups excluding carboxylic acids is 2. The summed E-state index contributed by atoms with van der Waals surface area (Å²) in [5.74, 6) is 0.479. The van der Waals surface area contributed by atoms with E-state index >= 15 is 0 Å². The quantitative estimate of drug-likeness (QED) is 0.397. The molecule has 0 atom stereocenters. The molecule has 31 heavy (non-hydrogen) atoms. The zero-order valence-corrected chi connectivity index (χ0v) is 17.1. The third-order valence-electron chi connectivity index (χ3n) is 4.93. The van der Waals surface area contributed by atoms with Gasteiger partial charge in [-0.05, 0) is 49.2 Å². The number of benzene rings is 2. The van der Waals surface area contributed by atoms with Crippen molar-refractivity contribution in [2.24, 2.45) is 0 Å². The van der Waals surface area contributed by atoms with Gasteiger partial charge in [0.15, 0.2) is 0 Å². The van der Waals surface area contributed by atoms with Crippen molar-refractivity contribution < 1.29 is 14.0 Å². The number of fused-ring (bicyclic) bond motifs is 1. The summed E-state index contributed by atoms with van der Waals surface area (Å²) >= 11 is 0. The average Bonchev–Trinajstić information content (AvgIpc) is 3.39. The minimum Gasteiger partial charge on any atom is -0.462 e. The number of aromatic amines is 1. The summed E-state index contributed by atoms with van der Waals surface area (Å²) < 4.78 is 5.55. The van der Waals surface area contributed by atoms with Gasteiger partial charge in [0, 0.05) is 35.3 Å². The maximum atomic E-state index is 12.9. The second-order valence-electron chi connectivity index (χ2n) is 7.19. The molecule has 0 fully saturated rings. The molecular weight excluding hydrogens is 390 g/mol. The van der Waals surface area contributed by atoms with E-state index in [1.807, 2.05) is 43.5 Å². The van der Waals surface area contributed by atoms with Crippen molar-refractivity contribution in [1.82, 2.24) is 15.6 Å². The first kappa shape index (κ1) is 20.2. The normalized spacial score (nSPS) is 11.5. The molecule has 2 heterocycles. The summed E-state index contributed by atoms with van der Waals surface area (Å²) in [7, 11) is 0. The number of carbonyl (C=O) groups is 2. The highest BCUT2D eigenvalue weighted by molar-refractivity contribution is 6.05. The van der Waals surface area contributed by atoms with E-state index in [4.69, 9.17) is 4.42 Å². The third kappa shape index (κ3) is 4.93. The largest absolute Gasteiger partial charge is 0.462 e. The van der Waals surface area contributed by atoms with Crippen molar-refractivity contribution in [3.8, 4) is 0 Å². The number of hydrogen-bond acceptors (Lipinski definition) is 3. The highest BCUT2D eigenvalue weighted by atomic mass is 16.3. The van der Waals surface area contributed by atoms with Crippen LogP contribution in [0.4, 0.5) is 0 Å². The molecule has 156 valence electrons. The van der Waals surface area contributed by atoms with E-state index in [2.05, 4.69) is 15.6 Å². The zero-order chi connectivity index (χ0) is 21.6. The van der Waals surface area contributed by atoms with Crippen molar-refractivity contribution in [1.29, 1.82) is 0 Å². The molecular formula is C25H23N3O3. The van der Waals surface area contributed by atoms with Crippen LogP contribution < -0.4 is 10.6 Å². The average molecular weight is 413 g/mol. The van der Waals surface area contributed by atoms with Gasteiger partial charge in [-0.2, -0.15) is 0 Å². The van der Waals surface area contributed by atoms with Crippen LogP contribution in [0.15, 0.2) is 83.0 Å². The Hall–Kier alpha value is -4.06. The van der Waals surface area contributed by atoms with Crippen LogP contribution in [-0.4, -0.2) is 23.3 Å². The fraction of sp³-hybridized carbons (Fsp3) is 0.120. The zero-order valence-electron chi connectivity index (χ0n) is 17.1. The number of aryl methyl sites for hydroxylation is 1. The molecule has 4 rings (SSSR count). The fourth-order valence-corrected chi connectivity index (χ4v) is 3.36. The molecule has 6 heteroatoms. The van der Waals surface area contributed by atoms with E-state index < -0.39 is 0 Å². The van der Waals surface area contributed by atoms with Gasteiger partial charge in [0.2, 0.25) is 0 Å². The van der Waals surface area contributed by atoms with Crippen LogP contribution in [0.1, 0.15) is 27.4 Å². The molecule has 0 bridgehead atoms. The Bertz CT molecular complexity index is 1240. The van der Waals surface area contributed by atoms with Crippen molar-refractivity contribution >= 4 is 28.8 Å². The number of nitrogens with one attached hydrogen (secondary N) is 3. The summed E-state index contributed by atoms with van der Waals surface area (Å²) in [6.07, 6.45) is 4.15. The van der Waals surface area contributed by atoms with Crippen molar-refractivity contribution in [2.45, 2.75) is 13.3 Å². The first-order valence-corrected chi connectivity index (χ1v) is 10.1. The predicted octanol–water partition coefficient (Wildman–Crippen LogP) is 4.20. The summed E-state index contributed by atoms with van der Waals surface area (Å²) in [6, 6.07) is 20.4. The minimum absolute atomic E-state index is 0.127.